The molecule has 3 heteroatoms. The SMILES string of the molecule is CC1COC(CC2CCCN2C(C)C)N1. The molecule has 3 unspecified atom stereocenters. The normalized spacial score (nSPS) is 38.0. The first kappa shape index (κ1) is 11.4. The van der Waals surface area contributed by atoms with Gasteiger partial charge in [-0.3, -0.25) is 10.2 Å². The molecule has 3 nitrogen and oxygen atoms in total. The highest BCUT2D eigenvalue weighted by Gasteiger charge is 2.31. The van der Waals surface area contributed by atoms with Gasteiger partial charge >= 0.3 is 0 Å². The zero-order chi connectivity index (χ0) is 10.8. The lowest BCUT2D eigenvalue weighted by Gasteiger charge is -2.29. The van der Waals surface area contributed by atoms with Gasteiger partial charge in [-0.2, -0.15) is 0 Å². The van der Waals surface area contributed by atoms with Gasteiger partial charge in [0.1, 0.15) is 6.23 Å². The highest BCUT2D eigenvalue weighted by molar-refractivity contribution is 4.85. The predicted molar refractivity (Wildman–Crippen MR) is 61.8 cm³/mol. The minimum absolute atomic E-state index is 0.296. The molecule has 0 radical (unpaired) electrons. The van der Waals surface area contributed by atoms with Crippen LogP contribution in [0.3, 0.4) is 0 Å². The molecule has 2 fully saturated rings. The number of rotatable bonds is 3. The third kappa shape index (κ3) is 2.71. The average Bonchev–Trinajstić information content (AvgIpc) is 2.75. The Morgan fingerprint density at radius 1 is 1.47 bits per heavy atom. The molecule has 15 heavy (non-hydrogen) atoms. The molecule has 88 valence electrons. The van der Waals surface area contributed by atoms with Gasteiger partial charge in [-0.1, -0.05) is 0 Å². The summed E-state index contributed by atoms with van der Waals surface area (Å²) in [7, 11) is 0. The summed E-state index contributed by atoms with van der Waals surface area (Å²) in [6, 6.07) is 1.94. The fourth-order valence-corrected chi connectivity index (χ4v) is 2.85. The van der Waals surface area contributed by atoms with E-state index in [9.17, 15) is 0 Å². The van der Waals surface area contributed by atoms with E-state index in [0.717, 1.165) is 19.1 Å². The largest absolute Gasteiger partial charge is 0.362 e. The smallest absolute Gasteiger partial charge is 0.109 e. The Morgan fingerprint density at radius 3 is 2.87 bits per heavy atom. The van der Waals surface area contributed by atoms with E-state index >= 15 is 0 Å². The van der Waals surface area contributed by atoms with E-state index in [4.69, 9.17) is 4.74 Å². The van der Waals surface area contributed by atoms with Crippen molar-refractivity contribution in [2.45, 2.75) is 64.4 Å². The molecule has 2 saturated heterocycles. The van der Waals surface area contributed by atoms with Gasteiger partial charge in [0.25, 0.3) is 0 Å². The Morgan fingerprint density at radius 2 is 2.27 bits per heavy atom. The summed E-state index contributed by atoms with van der Waals surface area (Å²) in [6.07, 6.45) is 4.14. The number of likely N-dealkylation sites (tertiary alicyclic amines) is 1. The van der Waals surface area contributed by atoms with E-state index in [2.05, 4.69) is 31.0 Å². The first-order chi connectivity index (χ1) is 7.16. The summed E-state index contributed by atoms with van der Waals surface area (Å²) in [5, 5.41) is 3.49. The molecule has 0 bridgehead atoms. The maximum Gasteiger partial charge on any atom is 0.109 e. The van der Waals surface area contributed by atoms with Crippen molar-refractivity contribution in [1.29, 1.82) is 0 Å². The lowest BCUT2D eigenvalue weighted by molar-refractivity contribution is 0.0631. The van der Waals surface area contributed by atoms with Crippen molar-refractivity contribution in [2.75, 3.05) is 13.2 Å². The average molecular weight is 212 g/mol. The molecule has 0 saturated carbocycles. The second kappa shape index (κ2) is 4.81. The Bertz CT molecular complexity index is 208. The Hall–Kier alpha value is -0.120. The first-order valence-electron chi connectivity index (χ1n) is 6.30. The van der Waals surface area contributed by atoms with Crippen molar-refractivity contribution in [3.63, 3.8) is 0 Å². The van der Waals surface area contributed by atoms with E-state index in [1.807, 2.05) is 0 Å². The molecule has 1 N–H and O–H groups in total. The van der Waals surface area contributed by atoms with Crippen LogP contribution in [0.5, 0.6) is 0 Å². The number of hydrogen-bond donors (Lipinski definition) is 1. The monoisotopic (exact) mass is 212 g/mol. The summed E-state index contributed by atoms with van der Waals surface area (Å²) in [4.78, 5) is 2.62. The molecule has 0 spiro atoms. The molecular weight excluding hydrogens is 188 g/mol. The highest BCUT2D eigenvalue weighted by atomic mass is 16.5. The van der Waals surface area contributed by atoms with Crippen LogP contribution in [0, 0.1) is 0 Å². The minimum Gasteiger partial charge on any atom is -0.362 e. The fraction of sp³-hybridized carbons (Fsp3) is 1.00. The van der Waals surface area contributed by atoms with Crippen LogP contribution < -0.4 is 5.32 Å². The van der Waals surface area contributed by atoms with Crippen molar-refractivity contribution in [1.82, 2.24) is 10.2 Å². The second-order valence-electron chi connectivity index (χ2n) is 5.25. The van der Waals surface area contributed by atoms with Crippen molar-refractivity contribution < 1.29 is 4.74 Å². The van der Waals surface area contributed by atoms with Crippen LogP contribution in [0.15, 0.2) is 0 Å². The standard InChI is InChI=1S/C12H24N2O/c1-9(2)14-6-4-5-11(14)7-12-13-10(3)8-15-12/h9-13H,4-8H2,1-3H3. The second-order valence-corrected chi connectivity index (χ2v) is 5.25. The van der Waals surface area contributed by atoms with Gasteiger partial charge in [0.2, 0.25) is 0 Å². The summed E-state index contributed by atoms with van der Waals surface area (Å²) in [5.74, 6) is 0. The van der Waals surface area contributed by atoms with Gasteiger partial charge in [-0.05, 0) is 40.2 Å². The van der Waals surface area contributed by atoms with Gasteiger partial charge in [0.05, 0.1) is 6.61 Å². The van der Waals surface area contributed by atoms with Crippen molar-refractivity contribution in [3.8, 4) is 0 Å². The maximum absolute atomic E-state index is 5.72. The number of nitrogens with one attached hydrogen (secondary N) is 1. The van der Waals surface area contributed by atoms with Crippen molar-refractivity contribution >= 4 is 0 Å². The molecule has 2 rings (SSSR count). The van der Waals surface area contributed by atoms with Gasteiger partial charge in [-0.25, -0.2) is 0 Å². The molecule has 2 heterocycles. The zero-order valence-corrected chi connectivity index (χ0v) is 10.2. The summed E-state index contributed by atoms with van der Waals surface area (Å²) in [5.41, 5.74) is 0. The van der Waals surface area contributed by atoms with E-state index in [1.165, 1.54) is 19.4 Å². The lowest BCUT2D eigenvalue weighted by Crippen LogP contribution is -2.40. The Balaban J connectivity index is 1.83. The van der Waals surface area contributed by atoms with Crippen LogP contribution in [-0.2, 0) is 4.74 Å². The molecule has 2 aliphatic rings. The molecule has 0 aliphatic carbocycles. The number of hydrogen-bond acceptors (Lipinski definition) is 3. The zero-order valence-electron chi connectivity index (χ0n) is 10.2. The van der Waals surface area contributed by atoms with E-state index in [-0.39, 0.29) is 0 Å². The molecule has 0 aromatic rings. The molecule has 3 atom stereocenters. The van der Waals surface area contributed by atoms with Crippen LogP contribution in [0.1, 0.15) is 40.0 Å². The van der Waals surface area contributed by atoms with E-state index in [1.54, 1.807) is 0 Å². The summed E-state index contributed by atoms with van der Waals surface area (Å²) >= 11 is 0. The van der Waals surface area contributed by atoms with Crippen molar-refractivity contribution in [3.05, 3.63) is 0 Å². The lowest BCUT2D eigenvalue weighted by atomic mass is 10.1. The van der Waals surface area contributed by atoms with Crippen LogP contribution in [-0.4, -0.2) is 42.4 Å². The Labute approximate surface area is 93.2 Å². The maximum atomic E-state index is 5.72. The quantitative estimate of drug-likeness (QED) is 0.769. The van der Waals surface area contributed by atoms with E-state index in [0.29, 0.717) is 18.3 Å². The molecule has 0 aromatic heterocycles. The van der Waals surface area contributed by atoms with Gasteiger partial charge < -0.3 is 4.74 Å². The molecular formula is C12H24N2O. The molecule has 2 aliphatic heterocycles. The third-order valence-electron chi connectivity index (χ3n) is 3.59. The van der Waals surface area contributed by atoms with Gasteiger partial charge in [0.15, 0.2) is 0 Å². The predicted octanol–water partition coefficient (Wildman–Crippen LogP) is 1.58. The van der Waals surface area contributed by atoms with Crippen LogP contribution in [0.4, 0.5) is 0 Å². The molecule has 0 aromatic carbocycles. The van der Waals surface area contributed by atoms with Crippen LogP contribution in [0.25, 0.3) is 0 Å². The third-order valence-corrected chi connectivity index (χ3v) is 3.59. The Kier molecular flexibility index (Phi) is 3.65. The van der Waals surface area contributed by atoms with Crippen molar-refractivity contribution in [2.24, 2.45) is 0 Å². The van der Waals surface area contributed by atoms with Crippen LogP contribution in [0.2, 0.25) is 0 Å². The summed E-state index contributed by atoms with van der Waals surface area (Å²) < 4.78 is 5.72. The van der Waals surface area contributed by atoms with Gasteiger partial charge in [-0.15, -0.1) is 0 Å². The fourth-order valence-electron chi connectivity index (χ4n) is 2.85. The molecule has 0 amide bonds. The summed E-state index contributed by atoms with van der Waals surface area (Å²) in [6.45, 7) is 8.92. The van der Waals surface area contributed by atoms with Crippen LogP contribution >= 0.6 is 0 Å². The van der Waals surface area contributed by atoms with E-state index < -0.39 is 0 Å². The number of nitrogens with zero attached hydrogens (tertiary/aromatic N) is 1. The van der Waals surface area contributed by atoms with Gasteiger partial charge in [0, 0.05) is 24.5 Å². The topological polar surface area (TPSA) is 24.5 Å². The minimum atomic E-state index is 0.296. The first-order valence-corrected chi connectivity index (χ1v) is 6.30. The highest BCUT2D eigenvalue weighted by Crippen LogP contribution is 2.24. The number of ether oxygens (including phenoxy) is 1.